The van der Waals surface area contributed by atoms with E-state index >= 15 is 0 Å². The third-order valence-electron chi connectivity index (χ3n) is 4.59. The summed E-state index contributed by atoms with van der Waals surface area (Å²) in [6.45, 7) is 1.77. The quantitative estimate of drug-likeness (QED) is 0.471. The highest BCUT2D eigenvalue weighted by molar-refractivity contribution is 5.62. The highest BCUT2D eigenvalue weighted by Gasteiger charge is 2.32. The maximum absolute atomic E-state index is 13.1. The van der Waals surface area contributed by atoms with Crippen molar-refractivity contribution in [2.24, 2.45) is 0 Å². The summed E-state index contributed by atoms with van der Waals surface area (Å²) >= 11 is 0. The lowest BCUT2D eigenvalue weighted by atomic mass is 10.1. The van der Waals surface area contributed by atoms with E-state index < -0.39 is 11.7 Å². The Balaban J connectivity index is 1.53. The van der Waals surface area contributed by atoms with Crippen LogP contribution in [0.5, 0.6) is 5.75 Å². The molecule has 4 aromatic rings. The summed E-state index contributed by atoms with van der Waals surface area (Å²) in [5.74, 6) is 0.778. The van der Waals surface area contributed by atoms with E-state index in [0.717, 1.165) is 17.4 Å². The number of aromatic nitrogens is 4. The molecule has 0 unspecified atom stereocenters. The number of imidazole rings is 1. The van der Waals surface area contributed by atoms with Crippen LogP contribution in [0.2, 0.25) is 0 Å². The number of nitrogens with one attached hydrogen (secondary N) is 1. The number of nitrogens with zero attached hydrogens (tertiary/aromatic N) is 4. The van der Waals surface area contributed by atoms with Gasteiger partial charge in [0.25, 0.3) is 0 Å². The molecule has 0 aliphatic heterocycles. The van der Waals surface area contributed by atoms with Gasteiger partial charge >= 0.3 is 12.2 Å². The van der Waals surface area contributed by atoms with Gasteiger partial charge in [0.2, 0.25) is 5.89 Å². The highest BCUT2D eigenvalue weighted by Crippen LogP contribution is 2.33. The first-order valence-electron chi connectivity index (χ1n) is 9.27. The maximum Gasteiger partial charge on any atom is 0.416 e. The molecule has 0 saturated carbocycles. The Morgan fingerprint density at radius 2 is 1.94 bits per heavy atom. The molecule has 2 heterocycles. The zero-order valence-electron chi connectivity index (χ0n) is 16.6. The van der Waals surface area contributed by atoms with Gasteiger partial charge in [-0.3, -0.25) is 0 Å². The maximum atomic E-state index is 13.1. The Kier molecular flexibility index (Phi) is 5.37. The van der Waals surface area contributed by atoms with Crippen molar-refractivity contribution >= 4 is 6.01 Å². The van der Waals surface area contributed by atoms with Crippen molar-refractivity contribution in [1.82, 2.24) is 19.7 Å². The molecule has 160 valence electrons. The fraction of sp³-hybridized carbons (Fsp3) is 0.190. The van der Waals surface area contributed by atoms with Gasteiger partial charge in [-0.05, 0) is 36.8 Å². The highest BCUT2D eigenvalue weighted by atomic mass is 19.4. The number of rotatable bonds is 6. The van der Waals surface area contributed by atoms with Crippen molar-refractivity contribution in [3.8, 4) is 22.9 Å². The van der Waals surface area contributed by atoms with Crippen molar-refractivity contribution in [1.29, 1.82) is 0 Å². The second-order valence-corrected chi connectivity index (χ2v) is 6.73. The molecule has 0 bridgehead atoms. The molecule has 1 N–H and O–H groups in total. The van der Waals surface area contributed by atoms with Crippen LogP contribution in [0.1, 0.15) is 16.8 Å². The van der Waals surface area contributed by atoms with Crippen LogP contribution in [-0.4, -0.2) is 26.9 Å². The van der Waals surface area contributed by atoms with Crippen LogP contribution in [0.4, 0.5) is 19.2 Å². The fourth-order valence-corrected chi connectivity index (χ4v) is 3.11. The SMILES string of the molecule is COc1cc(-c2nnc(NCc3ccccc3C(F)(F)F)o2)ccc1-n1cnc(C)c1. The Morgan fingerprint density at radius 1 is 1.13 bits per heavy atom. The molecule has 7 nitrogen and oxygen atoms in total. The van der Waals surface area contributed by atoms with Crippen LogP contribution >= 0.6 is 0 Å². The largest absolute Gasteiger partial charge is 0.495 e. The van der Waals surface area contributed by atoms with Gasteiger partial charge in [-0.1, -0.05) is 23.3 Å². The Labute approximate surface area is 175 Å². The second kappa shape index (κ2) is 8.13. The zero-order valence-corrected chi connectivity index (χ0v) is 16.6. The first-order valence-corrected chi connectivity index (χ1v) is 9.27. The molecule has 2 aromatic carbocycles. The van der Waals surface area contributed by atoms with Gasteiger partial charge in [-0.15, -0.1) is 5.10 Å². The van der Waals surface area contributed by atoms with Gasteiger partial charge in [0, 0.05) is 18.3 Å². The Bertz CT molecular complexity index is 1200. The number of halogens is 3. The van der Waals surface area contributed by atoms with Crippen molar-refractivity contribution in [3.05, 3.63) is 71.8 Å². The molecule has 0 spiro atoms. The summed E-state index contributed by atoms with van der Waals surface area (Å²) < 4.78 is 52.3. The molecular weight excluding hydrogens is 411 g/mol. The van der Waals surface area contributed by atoms with Crippen LogP contribution in [0, 0.1) is 6.92 Å². The third-order valence-corrected chi connectivity index (χ3v) is 4.59. The molecule has 4 rings (SSSR count). The number of methoxy groups -OCH3 is 1. The molecule has 0 atom stereocenters. The normalized spacial score (nSPS) is 11.5. The molecule has 0 aliphatic rings. The molecule has 0 radical (unpaired) electrons. The predicted molar refractivity (Wildman–Crippen MR) is 107 cm³/mol. The number of benzene rings is 2. The van der Waals surface area contributed by atoms with Gasteiger partial charge in [0.05, 0.1) is 30.4 Å². The van der Waals surface area contributed by atoms with Gasteiger partial charge < -0.3 is 19.0 Å². The zero-order chi connectivity index (χ0) is 22.0. The molecule has 31 heavy (non-hydrogen) atoms. The number of ether oxygens (including phenoxy) is 1. The first kappa shape index (κ1) is 20.5. The fourth-order valence-electron chi connectivity index (χ4n) is 3.11. The minimum Gasteiger partial charge on any atom is -0.495 e. The Hall–Kier alpha value is -3.82. The molecule has 0 saturated heterocycles. The van der Waals surface area contributed by atoms with Crippen LogP contribution in [0.3, 0.4) is 0 Å². The molecule has 10 heteroatoms. The lowest BCUT2D eigenvalue weighted by molar-refractivity contribution is -0.138. The average Bonchev–Trinajstić information content (AvgIpc) is 3.40. The first-order chi connectivity index (χ1) is 14.8. The molecule has 0 amide bonds. The minimum atomic E-state index is -4.44. The van der Waals surface area contributed by atoms with E-state index in [4.69, 9.17) is 9.15 Å². The number of hydrogen-bond donors (Lipinski definition) is 1. The van der Waals surface area contributed by atoms with Crippen molar-refractivity contribution in [2.45, 2.75) is 19.6 Å². The van der Waals surface area contributed by atoms with Crippen LogP contribution in [0.15, 0.2) is 59.4 Å². The third kappa shape index (κ3) is 4.37. The minimum absolute atomic E-state index is 0.0141. The molecule has 2 aromatic heterocycles. The van der Waals surface area contributed by atoms with E-state index in [1.165, 1.54) is 12.1 Å². The van der Waals surface area contributed by atoms with Crippen LogP contribution < -0.4 is 10.1 Å². The van der Waals surface area contributed by atoms with E-state index in [0.29, 0.717) is 11.3 Å². The number of aryl methyl sites for hydroxylation is 1. The predicted octanol–water partition coefficient (Wildman–Crippen LogP) is 4.87. The lowest BCUT2D eigenvalue weighted by Crippen LogP contribution is -2.11. The standard InChI is InChI=1S/C21H18F3N5O2/c1-13-11-29(12-26-13)17-8-7-14(9-18(17)30-2)19-27-28-20(31-19)25-10-15-5-3-4-6-16(15)21(22,23)24/h3-9,11-12H,10H2,1-2H3,(H,25,28). The topological polar surface area (TPSA) is 78.0 Å². The monoisotopic (exact) mass is 429 g/mol. The van der Waals surface area contributed by atoms with E-state index in [-0.39, 0.29) is 24.0 Å². The Morgan fingerprint density at radius 3 is 2.65 bits per heavy atom. The van der Waals surface area contributed by atoms with E-state index in [1.54, 1.807) is 31.6 Å². The summed E-state index contributed by atoms with van der Waals surface area (Å²) in [4.78, 5) is 4.21. The second-order valence-electron chi connectivity index (χ2n) is 6.73. The number of alkyl halides is 3. The van der Waals surface area contributed by atoms with Crippen molar-refractivity contribution in [3.63, 3.8) is 0 Å². The average molecular weight is 429 g/mol. The van der Waals surface area contributed by atoms with Gasteiger partial charge in [-0.25, -0.2) is 4.98 Å². The number of anilines is 1. The van der Waals surface area contributed by atoms with Crippen molar-refractivity contribution in [2.75, 3.05) is 12.4 Å². The van der Waals surface area contributed by atoms with Crippen LogP contribution in [0.25, 0.3) is 17.1 Å². The van der Waals surface area contributed by atoms with Crippen LogP contribution in [-0.2, 0) is 12.7 Å². The van der Waals surface area contributed by atoms with Gasteiger partial charge in [-0.2, -0.15) is 13.2 Å². The lowest BCUT2D eigenvalue weighted by Gasteiger charge is -2.12. The molecule has 0 aliphatic carbocycles. The van der Waals surface area contributed by atoms with Gasteiger partial charge in [0.1, 0.15) is 5.75 Å². The molecular formula is C21H18F3N5O2. The van der Waals surface area contributed by atoms with E-state index in [1.807, 2.05) is 23.8 Å². The summed E-state index contributed by atoms with van der Waals surface area (Å²) in [6.07, 6.45) is -0.893. The summed E-state index contributed by atoms with van der Waals surface area (Å²) in [7, 11) is 1.55. The smallest absolute Gasteiger partial charge is 0.416 e. The van der Waals surface area contributed by atoms with Crippen molar-refractivity contribution < 1.29 is 22.3 Å². The molecule has 0 fully saturated rings. The summed E-state index contributed by atoms with van der Waals surface area (Å²) in [5.41, 5.74) is 1.63. The van der Waals surface area contributed by atoms with E-state index in [2.05, 4.69) is 20.5 Å². The summed E-state index contributed by atoms with van der Waals surface area (Å²) in [5, 5.41) is 10.6. The number of hydrogen-bond acceptors (Lipinski definition) is 6. The van der Waals surface area contributed by atoms with Gasteiger partial charge in [0.15, 0.2) is 0 Å². The van der Waals surface area contributed by atoms with E-state index in [9.17, 15) is 13.2 Å². The summed E-state index contributed by atoms with van der Waals surface area (Å²) in [6, 6.07) is 10.7.